The highest BCUT2D eigenvalue weighted by molar-refractivity contribution is 5.95. The Kier molecular flexibility index (Phi) is 11.0. The number of hydrogen-bond acceptors (Lipinski definition) is 3. The summed E-state index contributed by atoms with van der Waals surface area (Å²) in [6, 6.07) is 19.7. The number of alkyl halides is 2. The van der Waals surface area contributed by atoms with Gasteiger partial charge in [0.1, 0.15) is 0 Å². The van der Waals surface area contributed by atoms with Crippen LogP contribution < -0.4 is 10.9 Å². The molecule has 4 nitrogen and oxygen atoms in total. The Labute approximate surface area is 287 Å². The number of nitrogens with one attached hydrogen (secondary N) is 2. The van der Waals surface area contributed by atoms with Crippen LogP contribution in [0.15, 0.2) is 73.4 Å². The first kappa shape index (κ1) is 35.9. The van der Waals surface area contributed by atoms with Crippen LogP contribution in [0.5, 0.6) is 0 Å². The van der Waals surface area contributed by atoms with Crippen molar-refractivity contribution >= 4 is 10.9 Å². The minimum Gasteiger partial charge on any atom is -0.334 e. The minimum atomic E-state index is -2.89. The number of fused-ring (bicyclic) bond motifs is 1. The molecule has 48 heavy (non-hydrogen) atoms. The number of hydrogen-bond donors (Lipinski definition) is 2. The van der Waals surface area contributed by atoms with Crippen molar-refractivity contribution in [3.05, 3.63) is 90.3 Å². The molecule has 0 spiro atoms. The predicted molar refractivity (Wildman–Crippen MR) is 199 cm³/mol. The summed E-state index contributed by atoms with van der Waals surface area (Å²) < 4.78 is 32.0. The maximum Gasteiger partial charge on any atom is 0.262 e. The molecule has 0 bridgehead atoms. The summed E-state index contributed by atoms with van der Waals surface area (Å²) in [7, 11) is 0. The van der Waals surface area contributed by atoms with Gasteiger partial charge in [0.2, 0.25) is 0 Å². The lowest BCUT2D eigenvalue weighted by molar-refractivity contribution is 0.00546. The molecule has 0 saturated carbocycles. The van der Waals surface area contributed by atoms with Gasteiger partial charge in [-0.1, -0.05) is 64.1 Å². The van der Waals surface area contributed by atoms with Gasteiger partial charge < -0.3 is 4.57 Å². The second-order valence-electron chi connectivity index (χ2n) is 15.6. The van der Waals surface area contributed by atoms with E-state index in [2.05, 4.69) is 108 Å². The lowest BCUT2D eigenvalue weighted by Crippen LogP contribution is -2.52. The molecular formula is C42H56F2N4. The van der Waals surface area contributed by atoms with Gasteiger partial charge in [-0.15, -0.1) is 6.58 Å². The van der Waals surface area contributed by atoms with Crippen molar-refractivity contribution in [2.24, 2.45) is 5.41 Å². The average Bonchev–Trinajstić information content (AvgIpc) is 3.20. The molecule has 3 unspecified atom stereocenters. The summed E-state index contributed by atoms with van der Waals surface area (Å²) >= 11 is 0. The van der Waals surface area contributed by atoms with E-state index < -0.39 is 12.5 Å². The molecule has 2 aromatic carbocycles. The van der Waals surface area contributed by atoms with E-state index in [9.17, 15) is 0 Å². The Morgan fingerprint density at radius 2 is 1.88 bits per heavy atom. The van der Waals surface area contributed by atoms with E-state index in [1.165, 1.54) is 18.4 Å². The number of nitrogens with zero attached hydrogens (tertiary/aromatic N) is 2. The van der Waals surface area contributed by atoms with Crippen LogP contribution in [0.1, 0.15) is 110 Å². The van der Waals surface area contributed by atoms with E-state index >= 15 is 8.78 Å². The normalized spacial score (nSPS) is 19.7. The van der Waals surface area contributed by atoms with Crippen LogP contribution in [0, 0.1) is 5.41 Å². The SMILES string of the molecule is C=CCCC(C)(C)Cc1c(-c2cccnc2C(C)CC)n(CC(C)(F)F)c2ccc(-c3cccc(CC4(C)CCCC(C)NN4)c3)cc12. The van der Waals surface area contributed by atoms with Gasteiger partial charge in [-0.3, -0.25) is 15.8 Å². The number of rotatable bonds is 13. The van der Waals surface area contributed by atoms with Crippen molar-refractivity contribution in [2.45, 2.75) is 130 Å². The maximum atomic E-state index is 15.1. The summed E-state index contributed by atoms with van der Waals surface area (Å²) in [6.45, 7) is 18.0. The fourth-order valence-electron chi connectivity index (χ4n) is 7.47. The number of pyridine rings is 1. The van der Waals surface area contributed by atoms with Gasteiger partial charge in [0, 0.05) is 41.2 Å². The number of benzene rings is 2. The van der Waals surface area contributed by atoms with Crippen LogP contribution in [-0.4, -0.2) is 27.1 Å². The fraction of sp³-hybridized carbons (Fsp3) is 0.500. The predicted octanol–water partition coefficient (Wildman–Crippen LogP) is 11.0. The zero-order valence-corrected chi connectivity index (χ0v) is 30.2. The average molecular weight is 655 g/mol. The van der Waals surface area contributed by atoms with Crippen molar-refractivity contribution in [3.63, 3.8) is 0 Å². The first-order valence-electron chi connectivity index (χ1n) is 17.9. The molecule has 4 aromatic rings. The molecule has 0 amide bonds. The molecular weight excluding hydrogens is 598 g/mol. The first-order chi connectivity index (χ1) is 22.7. The van der Waals surface area contributed by atoms with E-state index in [1.807, 2.05) is 22.9 Å². The van der Waals surface area contributed by atoms with Gasteiger partial charge in [0.25, 0.3) is 5.92 Å². The molecule has 3 heterocycles. The van der Waals surface area contributed by atoms with Gasteiger partial charge in [-0.25, -0.2) is 8.78 Å². The highest BCUT2D eigenvalue weighted by Gasteiger charge is 2.32. The first-order valence-corrected chi connectivity index (χ1v) is 17.9. The van der Waals surface area contributed by atoms with Crippen LogP contribution in [0.2, 0.25) is 0 Å². The number of allylic oxidation sites excluding steroid dienone is 1. The van der Waals surface area contributed by atoms with Crippen LogP contribution in [0.4, 0.5) is 8.78 Å². The smallest absolute Gasteiger partial charge is 0.262 e. The van der Waals surface area contributed by atoms with E-state index in [1.54, 1.807) is 0 Å². The highest BCUT2D eigenvalue weighted by Crippen LogP contribution is 2.43. The molecule has 1 aliphatic rings. The van der Waals surface area contributed by atoms with Crippen molar-refractivity contribution in [2.75, 3.05) is 0 Å². The molecule has 2 aromatic heterocycles. The van der Waals surface area contributed by atoms with Gasteiger partial charge in [-0.2, -0.15) is 0 Å². The monoisotopic (exact) mass is 654 g/mol. The third-order valence-electron chi connectivity index (χ3n) is 10.3. The Bertz CT molecular complexity index is 1710. The second-order valence-corrected chi connectivity index (χ2v) is 15.6. The summed E-state index contributed by atoms with van der Waals surface area (Å²) in [4.78, 5) is 4.84. The molecule has 1 saturated heterocycles. The quantitative estimate of drug-likeness (QED) is 0.141. The number of hydrazine groups is 1. The Morgan fingerprint density at radius 1 is 1.10 bits per heavy atom. The lowest BCUT2D eigenvalue weighted by atomic mass is 9.80. The van der Waals surface area contributed by atoms with Crippen LogP contribution in [-0.2, 0) is 19.4 Å². The second kappa shape index (κ2) is 14.6. The molecule has 5 rings (SSSR count). The fourth-order valence-corrected chi connectivity index (χ4v) is 7.47. The minimum absolute atomic E-state index is 0.0356. The third-order valence-corrected chi connectivity index (χ3v) is 10.3. The van der Waals surface area contributed by atoms with E-state index in [0.29, 0.717) is 6.04 Å². The molecule has 0 aliphatic carbocycles. The van der Waals surface area contributed by atoms with Crippen molar-refractivity contribution in [1.82, 2.24) is 20.4 Å². The van der Waals surface area contributed by atoms with Gasteiger partial charge in [0.05, 0.1) is 17.9 Å². The van der Waals surface area contributed by atoms with Crippen LogP contribution in [0.3, 0.4) is 0 Å². The zero-order chi connectivity index (χ0) is 34.7. The summed E-state index contributed by atoms with van der Waals surface area (Å²) in [5.41, 5.74) is 15.3. The molecule has 3 atom stereocenters. The van der Waals surface area contributed by atoms with Gasteiger partial charge >= 0.3 is 0 Å². The number of halogens is 2. The van der Waals surface area contributed by atoms with Gasteiger partial charge in [0.15, 0.2) is 0 Å². The molecule has 1 fully saturated rings. The van der Waals surface area contributed by atoms with Crippen molar-refractivity contribution in [3.8, 4) is 22.4 Å². The molecule has 258 valence electrons. The van der Waals surface area contributed by atoms with Gasteiger partial charge in [-0.05, 0) is 123 Å². The Morgan fingerprint density at radius 3 is 2.60 bits per heavy atom. The Balaban J connectivity index is 1.69. The van der Waals surface area contributed by atoms with E-state index in [-0.39, 0.29) is 16.9 Å². The lowest BCUT2D eigenvalue weighted by Gasteiger charge is -2.30. The molecule has 6 heteroatoms. The zero-order valence-electron chi connectivity index (χ0n) is 30.2. The molecule has 1 aliphatic heterocycles. The summed E-state index contributed by atoms with van der Waals surface area (Å²) in [5.74, 6) is -2.70. The van der Waals surface area contributed by atoms with Crippen molar-refractivity contribution < 1.29 is 8.78 Å². The topological polar surface area (TPSA) is 41.9 Å². The molecule has 0 radical (unpaired) electrons. The Hall–Kier alpha value is -3.35. The summed E-state index contributed by atoms with van der Waals surface area (Å²) in [5, 5.41) is 1.04. The van der Waals surface area contributed by atoms with E-state index in [4.69, 9.17) is 4.98 Å². The van der Waals surface area contributed by atoms with Crippen molar-refractivity contribution in [1.29, 1.82) is 0 Å². The number of aromatic nitrogens is 2. The van der Waals surface area contributed by atoms with Crippen LogP contribution in [0.25, 0.3) is 33.3 Å². The third kappa shape index (κ3) is 8.44. The van der Waals surface area contributed by atoms with Crippen LogP contribution >= 0.6 is 0 Å². The largest absolute Gasteiger partial charge is 0.334 e. The van der Waals surface area contributed by atoms with E-state index in [0.717, 1.165) is 90.0 Å². The standard InChI is InChI=1S/C42H56F2N4/c1-9-11-21-40(5,6)27-36-35-25-33(32-17-12-16-31(24-32)26-41(7)22-13-15-30(4)46-47-41)19-20-37(35)48(28-42(8,43)44)39(36)34-18-14-23-45-38(34)29(3)10-2/h9,12,14,16-20,23-25,29-30,46-47H,1,10-11,13,15,21-22,26-28H2,2-8H3. The highest BCUT2D eigenvalue weighted by atomic mass is 19.3. The summed E-state index contributed by atoms with van der Waals surface area (Å²) in [6.07, 6.45) is 11.7. The molecule has 2 N–H and O–H groups in total. The maximum absolute atomic E-state index is 15.1.